The second-order valence-corrected chi connectivity index (χ2v) is 9.14. The summed E-state index contributed by atoms with van der Waals surface area (Å²) in [4.78, 5) is 0. The zero-order valence-corrected chi connectivity index (χ0v) is 18.1. The average Bonchev–Trinajstić information content (AvgIpc) is 2.80. The summed E-state index contributed by atoms with van der Waals surface area (Å²) < 4.78 is 13.1. The quantitative estimate of drug-likeness (QED) is 0.376. The van der Waals surface area contributed by atoms with Crippen molar-refractivity contribution in [1.82, 2.24) is 0 Å². The third kappa shape index (κ3) is 5.59. The molecule has 4 rings (SSSR count). The van der Waals surface area contributed by atoms with Crippen molar-refractivity contribution in [3.63, 3.8) is 0 Å². The summed E-state index contributed by atoms with van der Waals surface area (Å²) >= 11 is 0. The topological polar surface area (TPSA) is 0 Å². The largest absolute Gasteiger partial charge is 0.207 e. The van der Waals surface area contributed by atoms with E-state index in [1.807, 2.05) is 12.1 Å². The molecule has 0 radical (unpaired) electrons. The van der Waals surface area contributed by atoms with E-state index in [0.29, 0.717) is 11.8 Å². The van der Waals surface area contributed by atoms with Gasteiger partial charge in [0.05, 0.1) is 0 Å². The highest BCUT2D eigenvalue weighted by Crippen LogP contribution is 2.37. The predicted octanol–water partition coefficient (Wildman–Crippen LogP) is 8.08. The first kappa shape index (κ1) is 20.8. The lowest BCUT2D eigenvalue weighted by Crippen LogP contribution is -2.14. The van der Waals surface area contributed by atoms with Crippen LogP contribution in [0.15, 0.2) is 78.9 Å². The van der Waals surface area contributed by atoms with Crippen LogP contribution in [0.5, 0.6) is 0 Å². The maximum Gasteiger partial charge on any atom is 0.123 e. The molecule has 1 aliphatic carbocycles. The summed E-state index contributed by atoms with van der Waals surface area (Å²) in [5.41, 5.74) is 5.63. The molecular weight excluding hydrogens is 367 g/mol. The first-order valence-electron chi connectivity index (χ1n) is 11.6. The summed E-state index contributed by atoms with van der Waals surface area (Å²) in [7, 11) is 0. The molecule has 1 saturated carbocycles. The number of benzene rings is 3. The minimum absolute atomic E-state index is 0.139. The van der Waals surface area contributed by atoms with Crippen LogP contribution in [-0.2, 0) is 12.8 Å². The second-order valence-electron chi connectivity index (χ2n) is 9.14. The predicted molar refractivity (Wildman–Crippen MR) is 124 cm³/mol. The molecule has 0 aliphatic heterocycles. The monoisotopic (exact) mass is 400 g/mol. The molecule has 30 heavy (non-hydrogen) atoms. The van der Waals surface area contributed by atoms with Gasteiger partial charge in [-0.1, -0.05) is 73.7 Å². The van der Waals surface area contributed by atoms with Crippen molar-refractivity contribution < 1.29 is 4.39 Å². The highest BCUT2D eigenvalue weighted by atomic mass is 19.1. The lowest BCUT2D eigenvalue weighted by Gasteiger charge is -2.29. The van der Waals surface area contributed by atoms with E-state index in [1.165, 1.54) is 54.4 Å². The van der Waals surface area contributed by atoms with Crippen molar-refractivity contribution in [3.8, 4) is 0 Å². The molecule has 0 saturated heterocycles. The maximum atomic E-state index is 13.1. The highest BCUT2D eigenvalue weighted by Gasteiger charge is 2.22. The van der Waals surface area contributed by atoms with Crippen molar-refractivity contribution in [2.45, 2.75) is 63.7 Å². The van der Waals surface area contributed by atoms with Crippen LogP contribution in [-0.4, -0.2) is 0 Å². The summed E-state index contributed by atoms with van der Waals surface area (Å²) in [6, 6.07) is 27.3. The third-order valence-corrected chi connectivity index (χ3v) is 6.96. The van der Waals surface area contributed by atoms with Gasteiger partial charge >= 0.3 is 0 Å². The minimum Gasteiger partial charge on any atom is -0.207 e. The van der Waals surface area contributed by atoms with Gasteiger partial charge in [-0.15, -0.1) is 0 Å². The molecule has 1 atom stereocenters. The number of hydrogen-bond acceptors (Lipinski definition) is 0. The number of halogens is 1. The summed E-state index contributed by atoms with van der Waals surface area (Å²) in [6.07, 6.45) is 8.64. The zero-order valence-electron chi connectivity index (χ0n) is 18.1. The van der Waals surface area contributed by atoms with Gasteiger partial charge in [0.2, 0.25) is 0 Å². The molecule has 1 fully saturated rings. The zero-order chi connectivity index (χ0) is 20.8. The first-order valence-corrected chi connectivity index (χ1v) is 11.6. The molecule has 0 amide bonds. The van der Waals surface area contributed by atoms with Gasteiger partial charge in [0, 0.05) is 0 Å². The van der Waals surface area contributed by atoms with Crippen LogP contribution < -0.4 is 0 Å². The Kier molecular flexibility index (Phi) is 7.00. The minimum atomic E-state index is -0.139. The molecule has 3 aromatic rings. The Hall–Kier alpha value is -2.41. The van der Waals surface area contributed by atoms with Crippen molar-refractivity contribution in [1.29, 1.82) is 0 Å². The molecule has 0 nitrogen and oxygen atoms in total. The molecule has 0 spiro atoms. The van der Waals surface area contributed by atoms with E-state index in [9.17, 15) is 4.39 Å². The van der Waals surface area contributed by atoms with Gasteiger partial charge in [0.1, 0.15) is 5.82 Å². The van der Waals surface area contributed by atoms with Crippen LogP contribution in [0, 0.1) is 11.7 Å². The summed E-state index contributed by atoms with van der Waals surface area (Å²) in [5.74, 6) is 1.94. The van der Waals surface area contributed by atoms with Crippen LogP contribution in [0.4, 0.5) is 4.39 Å². The smallest absolute Gasteiger partial charge is 0.123 e. The van der Waals surface area contributed by atoms with E-state index in [0.717, 1.165) is 18.8 Å². The van der Waals surface area contributed by atoms with Crippen molar-refractivity contribution in [2.75, 3.05) is 0 Å². The molecule has 0 heterocycles. The first-order chi connectivity index (χ1) is 14.7. The van der Waals surface area contributed by atoms with Crippen molar-refractivity contribution >= 4 is 0 Å². The molecule has 1 aliphatic rings. The fourth-order valence-electron chi connectivity index (χ4n) is 4.99. The van der Waals surface area contributed by atoms with E-state index in [4.69, 9.17) is 0 Å². The molecule has 1 heteroatoms. The molecule has 0 unspecified atom stereocenters. The SMILES string of the molecule is C[C@H](Cc1ccc(C2CCC(CCc3ccc(F)cc3)CC2)cc1)c1ccccc1. The molecule has 156 valence electrons. The molecule has 0 N–H and O–H groups in total. The Morgan fingerprint density at radius 2 is 1.40 bits per heavy atom. The molecule has 3 aromatic carbocycles. The van der Waals surface area contributed by atoms with Gasteiger partial charge in [-0.25, -0.2) is 4.39 Å². The highest BCUT2D eigenvalue weighted by molar-refractivity contribution is 5.28. The van der Waals surface area contributed by atoms with Crippen LogP contribution in [0.3, 0.4) is 0 Å². The van der Waals surface area contributed by atoms with Gasteiger partial charge in [-0.3, -0.25) is 0 Å². The normalized spacial score (nSPS) is 20.1. The van der Waals surface area contributed by atoms with Crippen LogP contribution >= 0.6 is 0 Å². The Morgan fingerprint density at radius 3 is 2.07 bits per heavy atom. The number of aryl methyl sites for hydroxylation is 1. The maximum absolute atomic E-state index is 13.1. The Labute approximate surface area is 181 Å². The molecule has 0 aromatic heterocycles. The fraction of sp³-hybridized carbons (Fsp3) is 0.379. The Morgan fingerprint density at radius 1 is 0.767 bits per heavy atom. The van der Waals surface area contributed by atoms with Gasteiger partial charge < -0.3 is 0 Å². The van der Waals surface area contributed by atoms with Gasteiger partial charge in [0.15, 0.2) is 0 Å². The molecule has 0 bridgehead atoms. The standard InChI is InChI=1S/C29H33F/c1-22(26-5-3-2-4-6-26)21-25-11-17-28(18-12-25)27-15-9-23(10-16-27)7-8-24-13-19-29(30)20-14-24/h2-6,11-14,17-20,22-23,27H,7-10,15-16,21H2,1H3/t22-,23?,27?/m1/s1. The molecular formula is C29H33F. The van der Waals surface area contributed by atoms with Gasteiger partial charge in [-0.2, -0.15) is 0 Å². The van der Waals surface area contributed by atoms with E-state index in [1.54, 1.807) is 12.1 Å². The summed E-state index contributed by atoms with van der Waals surface area (Å²) in [6.45, 7) is 2.32. The number of hydrogen-bond donors (Lipinski definition) is 0. The lowest BCUT2D eigenvalue weighted by atomic mass is 9.76. The summed E-state index contributed by atoms with van der Waals surface area (Å²) in [5, 5.41) is 0. The average molecular weight is 401 g/mol. The third-order valence-electron chi connectivity index (χ3n) is 6.96. The van der Waals surface area contributed by atoms with Gasteiger partial charge in [0.25, 0.3) is 0 Å². The Balaban J connectivity index is 1.25. The van der Waals surface area contributed by atoms with Crippen LogP contribution in [0.2, 0.25) is 0 Å². The van der Waals surface area contributed by atoms with Crippen molar-refractivity contribution in [2.24, 2.45) is 5.92 Å². The van der Waals surface area contributed by atoms with E-state index in [2.05, 4.69) is 61.5 Å². The lowest BCUT2D eigenvalue weighted by molar-refractivity contribution is 0.310. The van der Waals surface area contributed by atoms with E-state index >= 15 is 0 Å². The van der Waals surface area contributed by atoms with Gasteiger partial charge in [-0.05, 0) is 97.1 Å². The van der Waals surface area contributed by atoms with Crippen LogP contribution in [0.1, 0.15) is 73.1 Å². The fourth-order valence-corrected chi connectivity index (χ4v) is 4.99. The van der Waals surface area contributed by atoms with Crippen molar-refractivity contribution in [3.05, 3.63) is 107 Å². The van der Waals surface area contributed by atoms with E-state index < -0.39 is 0 Å². The number of rotatable bonds is 7. The second kappa shape index (κ2) is 10.1. The van der Waals surface area contributed by atoms with E-state index in [-0.39, 0.29) is 5.82 Å². The Bertz CT molecular complexity index is 887. The van der Waals surface area contributed by atoms with Crippen LogP contribution in [0.25, 0.3) is 0 Å².